The number of piperidine rings is 1. The summed E-state index contributed by atoms with van der Waals surface area (Å²) in [6, 6.07) is 5.75. The van der Waals surface area contributed by atoms with Crippen molar-refractivity contribution in [1.82, 2.24) is 4.31 Å². The summed E-state index contributed by atoms with van der Waals surface area (Å²) in [7, 11) is -3.34. The lowest BCUT2D eigenvalue weighted by Gasteiger charge is -2.43. The second kappa shape index (κ2) is 5.73. The van der Waals surface area contributed by atoms with Crippen LogP contribution in [0.1, 0.15) is 49.7 Å². The number of hydrogen-bond acceptors (Lipinski definition) is 2. The highest BCUT2D eigenvalue weighted by Gasteiger charge is 2.39. The first-order chi connectivity index (χ1) is 10.00. The zero-order valence-corrected chi connectivity index (χ0v) is 13.8. The molecule has 2 aliphatic rings. The molecule has 1 heterocycles. The number of rotatable bonds is 2. The Morgan fingerprint density at radius 3 is 2.48 bits per heavy atom. The predicted molar refractivity (Wildman–Crippen MR) is 84.8 cm³/mol. The Hall–Kier alpha value is -0.870. The van der Waals surface area contributed by atoms with Gasteiger partial charge in [-0.05, 0) is 68.7 Å². The molecular formula is C17H25NO2S. The highest BCUT2D eigenvalue weighted by Crippen LogP contribution is 2.38. The summed E-state index contributed by atoms with van der Waals surface area (Å²) in [5.74, 6) is 0.578. The van der Waals surface area contributed by atoms with Gasteiger partial charge in [0.2, 0.25) is 10.0 Å². The minimum absolute atomic E-state index is 0.235. The topological polar surface area (TPSA) is 37.4 Å². The number of hydrogen-bond donors (Lipinski definition) is 0. The molecule has 1 saturated heterocycles. The number of nitrogens with zero attached hydrogens (tertiary/aromatic N) is 1. The largest absolute Gasteiger partial charge is 0.243 e. The van der Waals surface area contributed by atoms with E-state index in [2.05, 4.69) is 0 Å². The predicted octanol–water partition coefficient (Wildman–Crippen LogP) is 3.65. The second-order valence-electron chi connectivity index (χ2n) is 6.62. The molecule has 1 aromatic rings. The van der Waals surface area contributed by atoms with Gasteiger partial charge >= 0.3 is 0 Å². The Morgan fingerprint density at radius 1 is 1.00 bits per heavy atom. The molecule has 2 atom stereocenters. The molecule has 0 N–H and O–H groups in total. The van der Waals surface area contributed by atoms with Crippen LogP contribution in [-0.4, -0.2) is 25.3 Å². The first-order valence-corrected chi connectivity index (χ1v) is 9.53. The summed E-state index contributed by atoms with van der Waals surface area (Å²) in [5, 5.41) is 0. The van der Waals surface area contributed by atoms with Crippen LogP contribution in [0.2, 0.25) is 0 Å². The molecule has 21 heavy (non-hydrogen) atoms. The van der Waals surface area contributed by atoms with Crippen LogP contribution in [0.3, 0.4) is 0 Å². The summed E-state index contributed by atoms with van der Waals surface area (Å²) >= 11 is 0. The molecule has 0 amide bonds. The van der Waals surface area contributed by atoms with Gasteiger partial charge in [-0.25, -0.2) is 8.42 Å². The molecule has 1 aliphatic heterocycles. The van der Waals surface area contributed by atoms with E-state index >= 15 is 0 Å². The van der Waals surface area contributed by atoms with Crippen molar-refractivity contribution in [2.45, 2.75) is 63.3 Å². The minimum atomic E-state index is -3.34. The van der Waals surface area contributed by atoms with Crippen LogP contribution in [-0.2, 0) is 10.0 Å². The molecular weight excluding hydrogens is 282 g/mol. The molecule has 0 unspecified atom stereocenters. The first kappa shape index (κ1) is 15.0. The maximum Gasteiger partial charge on any atom is 0.243 e. The van der Waals surface area contributed by atoms with Gasteiger partial charge < -0.3 is 0 Å². The van der Waals surface area contributed by atoms with E-state index in [1.807, 2.05) is 30.3 Å². The first-order valence-electron chi connectivity index (χ1n) is 8.09. The summed E-state index contributed by atoms with van der Waals surface area (Å²) in [4.78, 5) is 0.469. The highest BCUT2D eigenvalue weighted by molar-refractivity contribution is 7.89. The van der Waals surface area contributed by atoms with E-state index in [0.717, 1.165) is 24.0 Å². The molecule has 0 radical (unpaired) electrons. The van der Waals surface area contributed by atoms with Crippen molar-refractivity contribution >= 4 is 10.0 Å². The third kappa shape index (κ3) is 2.76. The van der Waals surface area contributed by atoms with Gasteiger partial charge in [-0.15, -0.1) is 0 Å². The normalized spacial score (nSPS) is 27.3. The average molecular weight is 307 g/mol. The van der Waals surface area contributed by atoms with Crippen molar-refractivity contribution in [2.75, 3.05) is 6.54 Å². The third-order valence-corrected chi connectivity index (χ3v) is 7.20. The van der Waals surface area contributed by atoms with Crippen molar-refractivity contribution < 1.29 is 8.42 Å². The van der Waals surface area contributed by atoms with Gasteiger partial charge in [-0.3, -0.25) is 0 Å². The second-order valence-corrected chi connectivity index (χ2v) is 8.51. The zero-order chi connectivity index (χ0) is 15.0. The molecule has 0 spiro atoms. The number of sulfonamides is 1. The van der Waals surface area contributed by atoms with Crippen molar-refractivity contribution in [2.24, 2.45) is 5.92 Å². The van der Waals surface area contributed by atoms with Crippen LogP contribution in [0.25, 0.3) is 0 Å². The molecule has 1 aliphatic carbocycles. The molecule has 116 valence electrons. The van der Waals surface area contributed by atoms with Crippen LogP contribution in [0.5, 0.6) is 0 Å². The molecule has 2 fully saturated rings. The van der Waals surface area contributed by atoms with Crippen LogP contribution in [0, 0.1) is 19.8 Å². The fourth-order valence-electron chi connectivity index (χ4n) is 3.89. The highest BCUT2D eigenvalue weighted by atomic mass is 32.2. The molecule has 4 heteroatoms. The van der Waals surface area contributed by atoms with Crippen molar-refractivity contribution in [1.29, 1.82) is 0 Å². The maximum absolute atomic E-state index is 13.0. The van der Waals surface area contributed by atoms with Gasteiger partial charge in [-0.1, -0.05) is 18.9 Å². The maximum atomic E-state index is 13.0. The summed E-state index contributed by atoms with van der Waals surface area (Å²) in [5.41, 5.74) is 2.19. The van der Waals surface area contributed by atoms with E-state index in [1.54, 1.807) is 6.07 Å². The lowest BCUT2D eigenvalue weighted by atomic mass is 9.79. The molecule has 0 bridgehead atoms. The summed E-state index contributed by atoms with van der Waals surface area (Å²) in [6.07, 6.45) is 6.87. The Kier molecular flexibility index (Phi) is 4.10. The Bertz CT molecular complexity index is 622. The standard InChI is InChI=1S/C17H25NO2S/c1-13-9-10-16(12-14(13)2)21(19,20)18-11-5-7-15-6-3-4-8-17(15)18/h9-10,12,15,17H,3-8,11H2,1-2H3/t15-,17+/m1/s1. The summed E-state index contributed by atoms with van der Waals surface area (Å²) < 4.78 is 27.9. The SMILES string of the molecule is Cc1ccc(S(=O)(=O)N2CCC[C@H]3CCCC[C@@H]32)cc1C. The van der Waals surface area contributed by atoms with Gasteiger partial charge in [0.05, 0.1) is 4.90 Å². The molecule has 1 saturated carbocycles. The fraction of sp³-hybridized carbons (Fsp3) is 0.647. The van der Waals surface area contributed by atoms with Crippen LogP contribution in [0.4, 0.5) is 0 Å². The Morgan fingerprint density at radius 2 is 1.71 bits per heavy atom. The minimum Gasteiger partial charge on any atom is -0.207 e. The van der Waals surface area contributed by atoms with E-state index in [0.29, 0.717) is 17.4 Å². The molecule has 3 nitrogen and oxygen atoms in total. The number of aryl methyl sites for hydroxylation is 2. The van der Waals surface area contributed by atoms with Crippen LogP contribution < -0.4 is 0 Å². The van der Waals surface area contributed by atoms with E-state index in [9.17, 15) is 8.42 Å². The van der Waals surface area contributed by atoms with Crippen molar-refractivity contribution in [3.63, 3.8) is 0 Å². The smallest absolute Gasteiger partial charge is 0.207 e. The zero-order valence-electron chi connectivity index (χ0n) is 13.0. The lowest BCUT2D eigenvalue weighted by molar-refractivity contribution is 0.129. The van der Waals surface area contributed by atoms with E-state index in [1.165, 1.54) is 25.7 Å². The quantitative estimate of drug-likeness (QED) is 0.836. The molecule has 0 aromatic heterocycles. The van der Waals surface area contributed by atoms with Gasteiger partial charge in [0.1, 0.15) is 0 Å². The van der Waals surface area contributed by atoms with E-state index in [4.69, 9.17) is 0 Å². The Balaban J connectivity index is 1.94. The monoisotopic (exact) mass is 307 g/mol. The summed E-state index contributed by atoms with van der Waals surface area (Å²) in [6.45, 7) is 4.69. The van der Waals surface area contributed by atoms with E-state index < -0.39 is 10.0 Å². The number of fused-ring (bicyclic) bond motifs is 1. The van der Waals surface area contributed by atoms with Gasteiger partial charge in [0.25, 0.3) is 0 Å². The van der Waals surface area contributed by atoms with Crippen molar-refractivity contribution in [3.05, 3.63) is 29.3 Å². The van der Waals surface area contributed by atoms with Gasteiger partial charge in [0, 0.05) is 12.6 Å². The van der Waals surface area contributed by atoms with Crippen molar-refractivity contribution in [3.8, 4) is 0 Å². The average Bonchev–Trinajstić information content (AvgIpc) is 2.49. The van der Waals surface area contributed by atoms with Gasteiger partial charge in [-0.2, -0.15) is 4.31 Å². The third-order valence-electron chi connectivity index (χ3n) is 5.28. The number of benzene rings is 1. The van der Waals surface area contributed by atoms with Crippen LogP contribution in [0.15, 0.2) is 23.1 Å². The molecule has 3 rings (SSSR count). The fourth-order valence-corrected chi connectivity index (χ4v) is 5.73. The lowest BCUT2D eigenvalue weighted by Crippen LogP contribution is -2.49. The van der Waals surface area contributed by atoms with E-state index in [-0.39, 0.29) is 6.04 Å². The van der Waals surface area contributed by atoms with Gasteiger partial charge in [0.15, 0.2) is 0 Å². The van der Waals surface area contributed by atoms with Crippen LogP contribution >= 0.6 is 0 Å². The Labute approximate surface area is 128 Å². The molecule has 1 aromatic carbocycles.